The molecule has 0 bridgehead atoms. The van der Waals surface area contributed by atoms with Crippen LogP contribution in [0.5, 0.6) is 11.5 Å². The van der Waals surface area contributed by atoms with Gasteiger partial charge in [0.1, 0.15) is 12.4 Å². The Balaban J connectivity index is 1.69. The normalized spacial score (nSPS) is 11.7. The summed E-state index contributed by atoms with van der Waals surface area (Å²) in [7, 11) is 0. The second kappa shape index (κ2) is 11.8. The summed E-state index contributed by atoms with van der Waals surface area (Å²) in [6.45, 7) is 8.46. The highest BCUT2D eigenvalue weighted by molar-refractivity contribution is 14.1. The molecule has 39 heavy (non-hydrogen) atoms. The van der Waals surface area contributed by atoms with Crippen LogP contribution in [-0.2, 0) is 12.0 Å². The number of ether oxygens (including phenoxy) is 2. The van der Waals surface area contributed by atoms with E-state index in [2.05, 4.69) is 43.6 Å². The van der Waals surface area contributed by atoms with Gasteiger partial charge in [0, 0.05) is 22.0 Å². The van der Waals surface area contributed by atoms with Crippen molar-refractivity contribution < 1.29 is 14.4 Å². The van der Waals surface area contributed by atoms with Gasteiger partial charge in [0.15, 0.2) is 11.5 Å². The van der Waals surface area contributed by atoms with Gasteiger partial charge in [0.2, 0.25) is 0 Å². The zero-order valence-electron chi connectivity index (χ0n) is 21.8. The Labute approximate surface area is 247 Å². The second-order valence-corrected chi connectivity index (χ2v) is 11.8. The molecule has 0 aliphatic heterocycles. The minimum atomic E-state index is -0.438. The predicted octanol–water partition coefficient (Wildman–Crippen LogP) is 6.83. The molecule has 0 unspecified atom stereocenters. The van der Waals surface area contributed by atoms with E-state index in [1.807, 2.05) is 45.9 Å². The summed E-state index contributed by atoms with van der Waals surface area (Å²) in [5, 5.41) is 15.9. The fraction of sp³-hybridized carbons (Fsp3) is 0.250. The molecular weight excluding hydrogens is 679 g/mol. The van der Waals surface area contributed by atoms with Gasteiger partial charge in [-0.3, -0.25) is 14.9 Å². The first-order valence-electron chi connectivity index (χ1n) is 12.1. The van der Waals surface area contributed by atoms with Crippen LogP contribution in [0, 0.1) is 13.7 Å². The third kappa shape index (κ3) is 6.64. The number of hydrogen-bond acceptors (Lipinski definition) is 7. The first-order chi connectivity index (χ1) is 18.5. The molecule has 0 fully saturated rings. The van der Waals surface area contributed by atoms with Gasteiger partial charge in [-0.15, -0.1) is 0 Å². The summed E-state index contributed by atoms with van der Waals surface area (Å²) < 4.78 is 14.8. The Bertz CT molecular complexity index is 1630. The zero-order valence-corrected chi connectivity index (χ0v) is 25.5. The van der Waals surface area contributed by atoms with Crippen molar-refractivity contribution in [2.24, 2.45) is 5.10 Å². The highest BCUT2D eigenvalue weighted by atomic mass is 127. The van der Waals surface area contributed by atoms with Crippen molar-refractivity contribution in [1.29, 1.82) is 0 Å². The van der Waals surface area contributed by atoms with Gasteiger partial charge < -0.3 is 9.47 Å². The molecule has 4 aromatic rings. The van der Waals surface area contributed by atoms with Crippen LogP contribution in [-0.4, -0.2) is 27.4 Å². The first kappa shape index (κ1) is 28.7. The number of halogens is 2. The Morgan fingerprint density at radius 3 is 2.49 bits per heavy atom. The number of aromatic nitrogens is 2. The van der Waals surface area contributed by atoms with Gasteiger partial charge in [0.25, 0.3) is 11.2 Å². The molecule has 0 aliphatic carbocycles. The first-order valence-corrected chi connectivity index (χ1v) is 13.9. The van der Waals surface area contributed by atoms with Crippen molar-refractivity contribution in [1.82, 2.24) is 9.66 Å². The minimum absolute atomic E-state index is 0.0231. The summed E-state index contributed by atoms with van der Waals surface area (Å²) in [6, 6.07) is 15.3. The van der Waals surface area contributed by atoms with Gasteiger partial charge in [-0.05, 0) is 83.1 Å². The average Bonchev–Trinajstić information content (AvgIpc) is 2.87. The standard InChI is InChI=1S/C28H26BrIN4O5/c1-5-38-24-13-18(12-22(30)25(24)39-16-17-6-9-20(10-7-17)34(36)37)15-31-33-26(35)21-14-19(29)8-11-23(21)32-27(33)28(2,3)4/h6-15H,5,16H2,1-4H3. The summed E-state index contributed by atoms with van der Waals surface area (Å²) >= 11 is 5.59. The summed E-state index contributed by atoms with van der Waals surface area (Å²) in [4.78, 5) is 28.7. The van der Waals surface area contributed by atoms with E-state index in [9.17, 15) is 14.9 Å². The third-order valence-corrected chi connectivity index (χ3v) is 6.96. The van der Waals surface area contributed by atoms with Crippen molar-refractivity contribution in [3.63, 3.8) is 0 Å². The van der Waals surface area contributed by atoms with Crippen molar-refractivity contribution in [3.05, 3.63) is 100 Å². The maximum absolute atomic E-state index is 13.4. The highest BCUT2D eigenvalue weighted by Crippen LogP contribution is 2.35. The van der Waals surface area contributed by atoms with E-state index in [0.29, 0.717) is 40.4 Å². The number of benzene rings is 3. The van der Waals surface area contributed by atoms with Crippen LogP contribution in [0.25, 0.3) is 10.9 Å². The lowest BCUT2D eigenvalue weighted by Crippen LogP contribution is -2.29. The molecule has 1 aromatic heterocycles. The van der Waals surface area contributed by atoms with E-state index in [0.717, 1.165) is 13.6 Å². The largest absolute Gasteiger partial charge is 0.490 e. The molecule has 202 valence electrons. The number of nitro benzene ring substituents is 1. The Morgan fingerprint density at radius 2 is 1.85 bits per heavy atom. The Kier molecular flexibility index (Phi) is 8.70. The maximum atomic E-state index is 13.4. The van der Waals surface area contributed by atoms with E-state index in [4.69, 9.17) is 14.5 Å². The average molecular weight is 705 g/mol. The molecule has 0 amide bonds. The van der Waals surface area contributed by atoms with Crippen LogP contribution in [0.3, 0.4) is 0 Å². The van der Waals surface area contributed by atoms with Gasteiger partial charge in [-0.2, -0.15) is 9.78 Å². The molecule has 9 nitrogen and oxygen atoms in total. The van der Waals surface area contributed by atoms with Crippen molar-refractivity contribution in [3.8, 4) is 11.5 Å². The van der Waals surface area contributed by atoms with E-state index in [1.165, 1.54) is 16.8 Å². The van der Waals surface area contributed by atoms with Crippen LogP contribution < -0.4 is 15.0 Å². The third-order valence-electron chi connectivity index (χ3n) is 5.66. The number of nitro groups is 1. The molecule has 0 aliphatic rings. The zero-order chi connectivity index (χ0) is 28.3. The summed E-state index contributed by atoms with van der Waals surface area (Å²) in [5.74, 6) is 1.62. The number of nitrogens with zero attached hydrogens (tertiary/aromatic N) is 4. The van der Waals surface area contributed by atoms with Crippen LogP contribution in [0.15, 0.2) is 69.0 Å². The minimum Gasteiger partial charge on any atom is -0.490 e. The fourth-order valence-electron chi connectivity index (χ4n) is 3.80. The Hall–Kier alpha value is -3.32. The summed E-state index contributed by atoms with van der Waals surface area (Å²) in [5.41, 5.74) is 1.45. The lowest BCUT2D eigenvalue weighted by molar-refractivity contribution is -0.384. The van der Waals surface area contributed by atoms with Crippen LogP contribution >= 0.6 is 38.5 Å². The van der Waals surface area contributed by atoms with Crippen molar-refractivity contribution in [2.45, 2.75) is 39.7 Å². The molecule has 0 atom stereocenters. The number of non-ortho nitro benzene ring substituents is 1. The summed E-state index contributed by atoms with van der Waals surface area (Å²) in [6.07, 6.45) is 1.60. The van der Waals surface area contributed by atoms with E-state index >= 15 is 0 Å². The smallest absolute Gasteiger partial charge is 0.282 e. The molecule has 0 N–H and O–H groups in total. The maximum Gasteiger partial charge on any atom is 0.282 e. The van der Waals surface area contributed by atoms with E-state index < -0.39 is 10.3 Å². The molecule has 0 radical (unpaired) electrons. The van der Waals surface area contributed by atoms with E-state index in [-0.39, 0.29) is 17.9 Å². The van der Waals surface area contributed by atoms with Gasteiger partial charge in [-0.25, -0.2) is 4.98 Å². The van der Waals surface area contributed by atoms with E-state index in [1.54, 1.807) is 30.5 Å². The van der Waals surface area contributed by atoms with Crippen molar-refractivity contribution >= 4 is 61.3 Å². The fourth-order valence-corrected chi connectivity index (χ4v) is 4.94. The molecular formula is C28H26BrIN4O5. The predicted molar refractivity (Wildman–Crippen MR) is 163 cm³/mol. The second-order valence-electron chi connectivity index (χ2n) is 9.68. The number of hydrogen-bond donors (Lipinski definition) is 0. The van der Waals surface area contributed by atoms with Gasteiger partial charge >= 0.3 is 0 Å². The van der Waals surface area contributed by atoms with Crippen LogP contribution in [0.4, 0.5) is 5.69 Å². The number of fused-ring (bicyclic) bond motifs is 1. The van der Waals surface area contributed by atoms with Crippen LogP contribution in [0.1, 0.15) is 44.6 Å². The van der Waals surface area contributed by atoms with Gasteiger partial charge in [-0.1, -0.05) is 36.7 Å². The topological polar surface area (TPSA) is 109 Å². The molecule has 3 aromatic carbocycles. The highest BCUT2D eigenvalue weighted by Gasteiger charge is 2.23. The van der Waals surface area contributed by atoms with Crippen LogP contribution in [0.2, 0.25) is 0 Å². The van der Waals surface area contributed by atoms with Gasteiger partial charge in [0.05, 0.1) is 32.2 Å². The monoisotopic (exact) mass is 704 g/mol. The molecule has 11 heteroatoms. The molecule has 0 saturated heterocycles. The SMILES string of the molecule is CCOc1cc(C=Nn2c(C(C)(C)C)nc3ccc(Br)cc3c2=O)cc(I)c1OCc1ccc([N+](=O)[O-])cc1. The molecule has 0 saturated carbocycles. The lowest BCUT2D eigenvalue weighted by Gasteiger charge is -2.21. The Morgan fingerprint density at radius 1 is 1.13 bits per heavy atom. The molecule has 0 spiro atoms. The molecule has 1 heterocycles. The number of rotatable bonds is 8. The lowest BCUT2D eigenvalue weighted by atomic mass is 9.95. The van der Waals surface area contributed by atoms with Crippen molar-refractivity contribution in [2.75, 3.05) is 6.61 Å². The molecule has 4 rings (SSSR count). The quantitative estimate of drug-likeness (QED) is 0.0861.